The van der Waals surface area contributed by atoms with E-state index in [9.17, 15) is 23.2 Å². The minimum absolute atomic E-state index is 0.0209. The zero-order valence-electron chi connectivity index (χ0n) is 19.0. The SMILES string of the molecule is CCOC(=O)c1nn(-c2cc(F)cc(F)c2)c2c1CCN(c1ccc(N3CCCC3=O)cc1)C2=O. The normalized spacial score (nSPS) is 15.5. The predicted octanol–water partition coefficient (Wildman–Crippen LogP) is 3.66. The summed E-state index contributed by atoms with van der Waals surface area (Å²) < 4.78 is 34.1. The van der Waals surface area contributed by atoms with Crippen LogP contribution < -0.4 is 9.80 Å². The first-order valence-electron chi connectivity index (χ1n) is 11.3. The number of carbonyl (C=O) groups excluding carboxylic acids is 3. The lowest BCUT2D eigenvalue weighted by atomic mass is 10.0. The number of ether oxygens (including phenoxy) is 1. The molecule has 0 saturated carbocycles. The maximum Gasteiger partial charge on any atom is 0.359 e. The largest absolute Gasteiger partial charge is 0.461 e. The number of anilines is 2. The Bertz CT molecular complexity index is 1320. The van der Waals surface area contributed by atoms with E-state index in [2.05, 4.69) is 5.10 Å². The van der Waals surface area contributed by atoms with Crippen molar-refractivity contribution in [1.82, 2.24) is 9.78 Å². The first-order chi connectivity index (χ1) is 16.9. The molecule has 5 rings (SSSR count). The Hall–Kier alpha value is -4.08. The number of halogens is 2. The van der Waals surface area contributed by atoms with Gasteiger partial charge in [0, 0.05) is 42.5 Å². The standard InChI is InChI=1S/C25H22F2N4O4/c1-2-35-25(34)22-20-9-11-30(18-7-5-17(6-8-18)29-10-3-4-21(29)32)24(33)23(20)31(28-22)19-13-15(26)12-16(27)14-19/h5-8,12-14H,2-4,9-11H2,1H3. The summed E-state index contributed by atoms with van der Waals surface area (Å²) >= 11 is 0. The van der Waals surface area contributed by atoms with Crippen LogP contribution in [0.15, 0.2) is 42.5 Å². The van der Waals surface area contributed by atoms with Crippen molar-refractivity contribution in [2.75, 3.05) is 29.5 Å². The van der Waals surface area contributed by atoms with E-state index in [1.807, 2.05) is 0 Å². The van der Waals surface area contributed by atoms with Gasteiger partial charge >= 0.3 is 5.97 Å². The number of fused-ring (bicyclic) bond motifs is 1. The van der Waals surface area contributed by atoms with Gasteiger partial charge in [0.15, 0.2) is 5.69 Å². The molecule has 0 N–H and O–H groups in total. The van der Waals surface area contributed by atoms with Crippen LogP contribution >= 0.6 is 0 Å². The van der Waals surface area contributed by atoms with E-state index >= 15 is 0 Å². The predicted molar refractivity (Wildman–Crippen MR) is 123 cm³/mol. The molecule has 3 aromatic rings. The number of amides is 2. The summed E-state index contributed by atoms with van der Waals surface area (Å²) in [5.41, 5.74) is 1.68. The second kappa shape index (κ2) is 8.94. The number of hydrogen-bond acceptors (Lipinski definition) is 5. The van der Waals surface area contributed by atoms with Crippen LogP contribution in [0, 0.1) is 11.6 Å². The minimum Gasteiger partial charge on any atom is -0.461 e. The van der Waals surface area contributed by atoms with Crippen molar-refractivity contribution in [3.05, 3.63) is 71.1 Å². The van der Waals surface area contributed by atoms with Gasteiger partial charge in [0.2, 0.25) is 5.91 Å². The van der Waals surface area contributed by atoms with Crippen LogP contribution in [0.1, 0.15) is 46.3 Å². The number of nitrogens with zero attached hydrogens (tertiary/aromatic N) is 4. The Morgan fingerprint density at radius 1 is 0.943 bits per heavy atom. The van der Waals surface area contributed by atoms with Gasteiger partial charge in [-0.05, 0) is 56.2 Å². The van der Waals surface area contributed by atoms with Crippen LogP contribution in [0.5, 0.6) is 0 Å². The minimum atomic E-state index is -0.839. The summed E-state index contributed by atoms with van der Waals surface area (Å²) in [7, 11) is 0. The van der Waals surface area contributed by atoms with Crippen molar-refractivity contribution in [3.8, 4) is 5.69 Å². The molecule has 180 valence electrons. The number of aromatic nitrogens is 2. The molecule has 8 nitrogen and oxygen atoms in total. The highest BCUT2D eigenvalue weighted by atomic mass is 19.1. The monoisotopic (exact) mass is 480 g/mol. The molecule has 10 heteroatoms. The lowest BCUT2D eigenvalue weighted by Gasteiger charge is -2.28. The number of benzene rings is 2. The number of rotatable bonds is 5. The van der Waals surface area contributed by atoms with Gasteiger partial charge in [0.25, 0.3) is 5.91 Å². The van der Waals surface area contributed by atoms with Gasteiger partial charge in [0.1, 0.15) is 17.3 Å². The molecule has 2 aliphatic heterocycles. The number of carbonyl (C=O) groups is 3. The van der Waals surface area contributed by atoms with E-state index in [0.717, 1.165) is 28.9 Å². The molecule has 0 aliphatic carbocycles. The van der Waals surface area contributed by atoms with Gasteiger partial charge in [0.05, 0.1) is 12.3 Å². The highest BCUT2D eigenvalue weighted by molar-refractivity contribution is 6.09. The summed E-state index contributed by atoms with van der Waals surface area (Å²) in [6, 6.07) is 9.86. The average molecular weight is 480 g/mol. The van der Waals surface area contributed by atoms with E-state index in [0.29, 0.717) is 36.7 Å². The zero-order chi connectivity index (χ0) is 24.7. The van der Waals surface area contributed by atoms with Crippen molar-refractivity contribution < 1.29 is 27.9 Å². The molecule has 0 atom stereocenters. The Kier molecular flexibility index (Phi) is 5.80. The summed E-state index contributed by atoms with van der Waals surface area (Å²) in [6.45, 7) is 2.68. The maximum absolute atomic E-state index is 14.0. The molecule has 2 aliphatic rings. The van der Waals surface area contributed by atoms with Crippen molar-refractivity contribution in [2.45, 2.75) is 26.2 Å². The van der Waals surface area contributed by atoms with E-state index in [4.69, 9.17) is 4.74 Å². The molecule has 0 bridgehead atoms. The van der Waals surface area contributed by atoms with Crippen LogP contribution in [-0.2, 0) is 16.0 Å². The van der Waals surface area contributed by atoms with E-state index < -0.39 is 23.5 Å². The van der Waals surface area contributed by atoms with Gasteiger partial charge in [-0.25, -0.2) is 18.3 Å². The molecule has 0 spiro atoms. The van der Waals surface area contributed by atoms with Crippen molar-refractivity contribution >= 4 is 29.2 Å². The van der Waals surface area contributed by atoms with Crippen LogP contribution in [0.3, 0.4) is 0 Å². The Balaban J connectivity index is 1.54. The lowest BCUT2D eigenvalue weighted by molar-refractivity contribution is -0.117. The third kappa shape index (κ3) is 4.05. The van der Waals surface area contributed by atoms with Gasteiger partial charge in [-0.15, -0.1) is 0 Å². The van der Waals surface area contributed by atoms with Crippen LogP contribution in [0.25, 0.3) is 5.69 Å². The topological polar surface area (TPSA) is 84.7 Å². The van der Waals surface area contributed by atoms with Gasteiger partial charge in [-0.2, -0.15) is 5.10 Å². The van der Waals surface area contributed by atoms with Crippen molar-refractivity contribution in [2.24, 2.45) is 0 Å². The molecule has 3 heterocycles. The fourth-order valence-corrected chi connectivity index (χ4v) is 4.55. The summed E-state index contributed by atoms with van der Waals surface area (Å²) in [5, 5.41) is 4.23. The quantitative estimate of drug-likeness (QED) is 0.521. The molecule has 1 fully saturated rings. The van der Waals surface area contributed by atoms with Crippen molar-refractivity contribution in [3.63, 3.8) is 0 Å². The molecule has 35 heavy (non-hydrogen) atoms. The molecule has 0 unspecified atom stereocenters. The molecule has 1 aromatic heterocycles. The maximum atomic E-state index is 14.0. The van der Waals surface area contributed by atoms with Gasteiger partial charge in [-0.1, -0.05) is 0 Å². The smallest absolute Gasteiger partial charge is 0.359 e. The van der Waals surface area contributed by atoms with E-state index in [1.165, 1.54) is 4.90 Å². The summed E-state index contributed by atoms with van der Waals surface area (Å²) in [5.74, 6) is -2.79. The summed E-state index contributed by atoms with van der Waals surface area (Å²) in [4.78, 5) is 41.4. The van der Waals surface area contributed by atoms with Crippen LogP contribution in [0.2, 0.25) is 0 Å². The lowest BCUT2D eigenvalue weighted by Crippen LogP contribution is -2.39. The molecule has 0 radical (unpaired) electrons. The first-order valence-corrected chi connectivity index (χ1v) is 11.3. The van der Waals surface area contributed by atoms with Crippen LogP contribution in [0.4, 0.5) is 20.2 Å². The fourth-order valence-electron chi connectivity index (χ4n) is 4.55. The third-order valence-electron chi connectivity index (χ3n) is 6.12. The highest BCUT2D eigenvalue weighted by Gasteiger charge is 2.36. The van der Waals surface area contributed by atoms with E-state index in [1.54, 1.807) is 36.1 Å². The van der Waals surface area contributed by atoms with Crippen molar-refractivity contribution in [1.29, 1.82) is 0 Å². The second-order valence-electron chi connectivity index (χ2n) is 8.31. The molecular weight excluding hydrogens is 458 g/mol. The first kappa shape index (κ1) is 22.7. The van der Waals surface area contributed by atoms with Gasteiger partial charge < -0.3 is 14.5 Å². The second-order valence-corrected chi connectivity index (χ2v) is 8.31. The van der Waals surface area contributed by atoms with Crippen LogP contribution in [-0.4, -0.2) is 47.3 Å². The molecule has 2 amide bonds. The van der Waals surface area contributed by atoms with Gasteiger partial charge in [-0.3, -0.25) is 9.59 Å². The number of esters is 1. The third-order valence-corrected chi connectivity index (χ3v) is 6.12. The number of hydrogen-bond donors (Lipinski definition) is 0. The molecular formula is C25H22F2N4O4. The van der Waals surface area contributed by atoms with E-state index in [-0.39, 0.29) is 36.1 Å². The Labute approximate surface area is 199 Å². The Morgan fingerprint density at radius 3 is 2.20 bits per heavy atom. The average Bonchev–Trinajstić information content (AvgIpc) is 3.43. The summed E-state index contributed by atoms with van der Waals surface area (Å²) in [6.07, 6.45) is 1.61. The molecule has 2 aromatic carbocycles. The Morgan fingerprint density at radius 2 is 1.60 bits per heavy atom. The molecule has 1 saturated heterocycles. The fraction of sp³-hybridized carbons (Fsp3) is 0.280. The highest BCUT2D eigenvalue weighted by Crippen LogP contribution is 2.31. The zero-order valence-corrected chi connectivity index (χ0v) is 19.0.